The van der Waals surface area contributed by atoms with Gasteiger partial charge < -0.3 is 0 Å². The van der Waals surface area contributed by atoms with Crippen LogP contribution in [0.2, 0.25) is 0 Å². The summed E-state index contributed by atoms with van der Waals surface area (Å²) in [7, 11) is 0. The highest BCUT2D eigenvalue weighted by Crippen LogP contribution is 2.23. The van der Waals surface area contributed by atoms with Crippen LogP contribution in [0.25, 0.3) is 0 Å². The molecule has 0 saturated heterocycles. The zero-order chi connectivity index (χ0) is 22.4. The summed E-state index contributed by atoms with van der Waals surface area (Å²) in [6.45, 7) is 17.7. The molecule has 0 nitrogen and oxygen atoms in total. The maximum atomic E-state index is 2.27. The van der Waals surface area contributed by atoms with Gasteiger partial charge in [0.05, 0.1) is 0 Å². The Morgan fingerprint density at radius 1 is 0.467 bits per heavy atom. The number of hydrogen-bond acceptors (Lipinski definition) is 0. The van der Waals surface area contributed by atoms with Crippen molar-refractivity contribution >= 4 is 0 Å². The van der Waals surface area contributed by atoms with Crippen molar-refractivity contribution in [3.8, 4) is 0 Å². The molecule has 0 bridgehead atoms. The Kier molecular flexibility index (Phi) is 8.07. The summed E-state index contributed by atoms with van der Waals surface area (Å²) in [4.78, 5) is 0. The van der Waals surface area contributed by atoms with Gasteiger partial charge >= 0.3 is 0 Å². The van der Waals surface area contributed by atoms with Crippen LogP contribution in [0.15, 0.2) is 72.8 Å². The summed E-state index contributed by atoms with van der Waals surface area (Å²) in [5, 5.41) is 0. The van der Waals surface area contributed by atoms with E-state index in [2.05, 4.69) is 128 Å². The van der Waals surface area contributed by atoms with Gasteiger partial charge in [-0.3, -0.25) is 0 Å². The molecule has 0 atom stereocenters. The van der Waals surface area contributed by atoms with E-state index in [-0.39, 0.29) is 5.41 Å². The van der Waals surface area contributed by atoms with Crippen molar-refractivity contribution in [3.05, 3.63) is 106 Å². The smallest absolute Gasteiger partial charge is 0.00258 e. The summed E-state index contributed by atoms with van der Waals surface area (Å²) in [6.07, 6.45) is 2.00. The average Bonchev–Trinajstić information content (AvgIpc) is 2.64. The van der Waals surface area contributed by atoms with Crippen LogP contribution in [0.3, 0.4) is 0 Å². The molecule has 160 valence electrons. The third-order valence-corrected chi connectivity index (χ3v) is 4.78. The minimum atomic E-state index is 0.218. The minimum Gasteiger partial charge on any atom is -0.0604 e. The van der Waals surface area contributed by atoms with Crippen LogP contribution in [0.5, 0.6) is 0 Å². The van der Waals surface area contributed by atoms with Crippen molar-refractivity contribution in [1.82, 2.24) is 0 Å². The Bertz CT molecular complexity index is 875. The summed E-state index contributed by atoms with van der Waals surface area (Å²) in [5.74, 6) is 0. The van der Waals surface area contributed by atoms with E-state index in [1.54, 1.807) is 0 Å². The van der Waals surface area contributed by atoms with Crippen molar-refractivity contribution in [1.29, 1.82) is 0 Å². The quantitative estimate of drug-likeness (QED) is 0.411. The van der Waals surface area contributed by atoms with E-state index >= 15 is 0 Å². The average molecular weight is 401 g/mol. The Labute approximate surface area is 185 Å². The maximum absolute atomic E-state index is 2.27. The first-order valence-electron chi connectivity index (χ1n) is 11.1. The Morgan fingerprint density at radius 3 is 1.03 bits per heavy atom. The molecule has 0 spiro atoms. The van der Waals surface area contributed by atoms with Gasteiger partial charge in [-0.1, -0.05) is 127 Å². The molecule has 0 aliphatic heterocycles. The van der Waals surface area contributed by atoms with E-state index in [0.717, 1.165) is 12.8 Å². The lowest BCUT2D eigenvalue weighted by Gasteiger charge is -2.19. The predicted molar refractivity (Wildman–Crippen MR) is 134 cm³/mol. The largest absolute Gasteiger partial charge is 0.0604 e. The zero-order valence-corrected chi connectivity index (χ0v) is 20.3. The lowest BCUT2D eigenvalue weighted by molar-refractivity contribution is 0.469. The van der Waals surface area contributed by atoms with Gasteiger partial charge in [0, 0.05) is 0 Å². The summed E-state index contributed by atoms with van der Waals surface area (Å²) in [6, 6.07) is 26.9. The zero-order valence-electron chi connectivity index (χ0n) is 20.3. The fourth-order valence-electron chi connectivity index (χ4n) is 3.07. The van der Waals surface area contributed by atoms with E-state index < -0.39 is 0 Å². The van der Waals surface area contributed by atoms with Gasteiger partial charge in [0.15, 0.2) is 0 Å². The van der Waals surface area contributed by atoms with Crippen LogP contribution in [0, 0.1) is 12.3 Å². The Hall–Kier alpha value is -2.34. The second kappa shape index (κ2) is 10.1. The van der Waals surface area contributed by atoms with Gasteiger partial charge in [0.25, 0.3) is 0 Å². The van der Waals surface area contributed by atoms with Crippen LogP contribution in [-0.2, 0) is 18.3 Å². The van der Waals surface area contributed by atoms with Crippen LogP contribution >= 0.6 is 0 Å². The summed E-state index contributed by atoms with van der Waals surface area (Å²) in [5.41, 5.74) is 8.92. The minimum absolute atomic E-state index is 0.218. The fraction of sp³-hybridized carbons (Fsp3) is 0.400. The predicted octanol–water partition coefficient (Wildman–Crippen LogP) is 8.53. The molecule has 0 saturated carbocycles. The SMILES string of the molecule is CC(C)(C)C.Cc1ccc(Cc2ccc(Cc3ccc(C(C)(C)C)cc3)cc2)cc1. The third-order valence-electron chi connectivity index (χ3n) is 4.78. The fourth-order valence-corrected chi connectivity index (χ4v) is 3.07. The highest BCUT2D eigenvalue weighted by atomic mass is 14.2. The van der Waals surface area contributed by atoms with Crippen LogP contribution in [-0.4, -0.2) is 0 Å². The van der Waals surface area contributed by atoms with Crippen molar-refractivity contribution in [3.63, 3.8) is 0 Å². The first-order valence-corrected chi connectivity index (χ1v) is 11.1. The van der Waals surface area contributed by atoms with Gasteiger partial charge in [0.2, 0.25) is 0 Å². The molecule has 0 heteroatoms. The second-order valence-electron chi connectivity index (χ2n) is 11.1. The number of rotatable bonds is 4. The second-order valence-corrected chi connectivity index (χ2v) is 11.1. The first-order chi connectivity index (χ1) is 13.9. The lowest BCUT2D eigenvalue weighted by atomic mass is 9.86. The van der Waals surface area contributed by atoms with Crippen molar-refractivity contribution in [2.45, 2.75) is 73.6 Å². The van der Waals surface area contributed by atoms with Gasteiger partial charge in [-0.25, -0.2) is 0 Å². The Morgan fingerprint density at radius 2 is 0.733 bits per heavy atom. The van der Waals surface area contributed by atoms with Gasteiger partial charge in [0.1, 0.15) is 0 Å². The molecule has 0 radical (unpaired) electrons. The van der Waals surface area contributed by atoms with E-state index in [0.29, 0.717) is 5.41 Å². The maximum Gasteiger partial charge on any atom is -0.00258 e. The monoisotopic (exact) mass is 400 g/mol. The molecule has 0 heterocycles. The summed E-state index contributed by atoms with van der Waals surface area (Å²) < 4.78 is 0. The third kappa shape index (κ3) is 8.99. The van der Waals surface area contributed by atoms with Crippen molar-refractivity contribution < 1.29 is 0 Å². The number of hydrogen-bond donors (Lipinski definition) is 0. The van der Waals surface area contributed by atoms with Crippen molar-refractivity contribution in [2.24, 2.45) is 5.41 Å². The van der Waals surface area contributed by atoms with Gasteiger partial charge in [-0.15, -0.1) is 0 Å². The topological polar surface area (TPSA) is 0 Å². The molecule has 0 aromatic heterocycles. The number of benzene rings is 3. The molecule has 3 rings (SSSR count). The molecule has 0 unspecified atom stereocenters. The molecule has 0 amide bonds. The van der Waals surface area contributed by atoms with Crippen LogP contribution in [0.4, 0.5) is 0 Å². The number of aryl methyl sites for hydroxylation is 1. The highest BCUT2D eigenvalue weighted by Gasteiger charge is 2.12. The van der Waals surface area contributed by atoms with Crippen LogP contribution in [0.1, 0.15) is 81.8 Å². The van der Waals surface area contributed by atoms with E-state index in [9.17, 15) is 0 Å². The molecule has 0 aliphatic carbocycles. The van der Waals surface area contributed by atoms with Gasteiger partial charge in [-0.2, -0.15) is 0 Å². The highest BCUT2D eigenvalue weighted by molar-refractivity contribution is 5.34. The molecule has 3 aromatic carbocycles. The molecule has 3 aromatic rings. The van der Waals surface area contributed by atoms with E-state index in [1.165, 1.54) is 33.4 Å². The first kappa shape index (κ1) is 23.9. The molecular formula is C30H40. The van der Waals surface area contributed by atoms with Gasteiger partial charge in [-0.05, 0) is 58.4 Å². The lowest BCUT2D eigenvalue weighted by Crippen LogP contribution is -2.10. The molecule has 0 N–H and O–H groups in total. The van der Waals surface area contributed by atoms with Crippen LogP contribution < -0.4 is 0 Å². The normalized spacial score (nSPS) is 11.6. The molecule has 0 fully saturated rings. The van der Waals surface area contributed by atoms with Crippen molar-refractivity contribution in [2.75, 3.05) is 0 Å². The van der Waals surface area contributed by atoms with E-state index in [1.807, 2.05) is 0 Å². The summed E-state index contributed by atoms with van der Waals surface area (Å²) >= 11 is 0. The standard InChI is InChI=1S/C25H28.C5H12/c1-19-5-7-20(8-6-19)17-21-9-11-22(12-10-21)18-23-13-15-24(16-14-23)25(2,3)4;1-5(2,3)4/h5-16H,17-18H2,1-4H3;1-4H3. The Balaban J connectivity index is 0.000000575. The van der Waals surface area contributed by atoms with E-state index in [4.69, 9.17) is 0 Å². The molecule has 30 heavy (non-hydrogen) atoms. The molecular weight excluding hydrogens is 360 g/mol. The molecule has 0 aliphatic rings.